The summed E-state index contributed by atoms with van der Waals surface area (Å²) >= 11 is 3.57. The van der Waals surface area contributed by atoms with Gasteiger partial charge in [0.25, 0.3) is 5.91 Å². The molecule has 0 saturated heterocycles. The van der Waals surface area contributed by atoms with Crippen LogP contribution in [0, 0.1) is 3.57 Å². The van der Waals surface area contributed by atoms with Gasteiger partial charge in [-0.1, -0.05) is 60.3 Å². The smallest absolute Gasteiger partial charge is 0.253 e. The molecule has 5 aromatic rings. The third-order valence-electron chi connectivity index (χ3n) is 5.98. The third kappa shape index (κ3) is 6.40. The molecule has 0 aliphatic carbocycles. The predicted molar refractivity (Wildman–Crippen MR) is 165 cm³/mol. The Hall–Kier alpha value is -3.90. The Labute approximate surface area is 243 Å². The average Bonchev–Trinajstić information content (AvgIpc) is 3.36. The number of carbonyl (C=O) groups is 1. The summed E-state index contributed by atoms with van der Waals surface area (Å²) in [5.74, 6) is 0.521. The first-order valence-corrected chi connectivity index (χ1v) is 14.1. The number of aromatic hydroxyl groups is 1. The van der Waals surface area contributed by atoms with Crippen LogP contribution in [0.15, 0.2) is 101 Å². The Kier molecular flexibility index (Phi) is 8.42. The highest BCUT2D eigenvalue weighted by molar-refractivity contribution is 14.1. The van der Waals surface area contributed by atoms with Crippen LogP contribution in [-0.4, -0.2) is 37.2 Å². The van der Waals surface area contributed by atoms with Gasteiger partial charge in [0.2, 0.25) is 0 Å². The Bertz CT molecular complexity index is 1620. The maximum Gasteiger partial charge on any atom is 0.253 e. The molecule has 39 heavy (non-hydrogen) atoms. The lowest BCUT2D eigenvalue weighted by molar-refractivity contribution is -0.120. The van der Waals surface area contributed by atoms with Crippen molar-refractivity contribution in [1.82, 2.24) is 20.2 Å². The van der Waals surface area contributed by atoms with Crippen molar-refractivity contribution in [3.05, 3.63) is 106 Å². The van der Waals surface area contributed by atoms with Gasteiger partial charge in [-0.25, -0.2) is 5.43 Å². The van der Waals surface area contributed by atoms with Gasteiger partial charge < -0.3 is 10.4 Å². The molecule has 1 heterocycles. The Morgan fingerprint density at radius 3 is 2.56 bits per heavy atom. The number of amides is 1. The molecule has 196 valence electrons. The number of nitrogens with one attached hydrogen (secondary N) is 2. The minimum absolute atomic E-state index is 0.0939. The Morgan fingerprint density at radius 1 is 1.03 bits per heavy atom. The van der Waals surface area contributed by atoms with Crippen molar-refractivity contribution >= 4 is 62.9 Å². The lowest BCUT2D eigenvalue weighted by atomic mass is 10.0. The molecule has 1 amide bonds. The van der Waals surface area contributed by atoms with E-state index in [0.29, 0.717) is 17.3 Å². The molecular weight excluding hydrogens is 623 g/mol. The zero-order valence-electron chi connectivity index (χ0n) is 21.0. The number of nitrogens with zero attached hydrogens (tertiary/aromatic N) is 4. The van der Waals surface area contributed by atoms with E-state index in [-0.39, 0.29) is 11.7 Å². The van der Waals surface area contributed by atoms with Gasteiger partial charge in [0, 0.05) is 20.5 Å². The molecule has 1 aromatic heterocycles. The van der Waals surface area contributed by atoms with Crippen molar-refractivity contribution in [1.29, 1.82) is 0 Å². The van der Waals surface area contributed by atoms with E-state index < -0.39 is 5.25 Å². The normalized spacial score (nSPS) is 12.1. The van der Waals surface area contributed by atoms with Gasteiger partial charge in [0.15, 0.2) is 11.0 Å². The number of rotatable bonds is 9. The molecule has 0 aliphatic rings. The van der Waals surface area contributed by atoms with E-state index in [9.17, 15) is 9.90 Å². The topological polar surface area (TPSA) is 104 Å². The standard InChI is InChI=1S/C29H25IN6O2S/c1-19(28(38)34-32-17-25-24-10-6-5-7-20(24)11-16-26(25)37)39-29-35-33-27(36(29)23-8-3-2-4-9-23)18-31-22-14-12-21(30)13-15-22/h2-17,19,31,37H,18H2,1H3,(H,34,38)/t19-/m1/s1. The molecule has 0 unspecified atom stereocenters. The summed E-state index contributed by atoms with van der Waals surface area (Å²) in [6.45, 7) is 2.25. The van der Waals surface area contributed by atoms with Crippen LogP contribution in [0.4, 0.5) is 5.69 Å². The van der Waals surface area contributed by atoms with Crippen molar-refractivity contribution in [2.24, 2.45) is 5.10 Å². The molecule has 3 N–H and O–H groups in total. The molecular formula is C29H25IN6O2S. The summed E-state index contributed by atoms with van der Waals surface area (Å²) < 4.78 is 3.11. The summed E-state index contributed by atoms with van der Waals surface area (Å²) in [7, 11) is 0. The van der Waals surface area contributed by atoms with Crippen LogP contribution in [-0.2, 0) is 11.3 Å². The molecule has 5 rings (SSSR count). The summed E-state index contributed by atoms with van der Waals surface area (Å²) in [6.07, 6.45) is 1.47. The van der Waals surface area contributed by atoms with Crippen molar-refractivity contribution in [2.45, 2.75) is 23.9 Å². The maximum atomic E-state index is 12.9. The van der Waals surface area contributed by atoms with Gasteiger partial charge in [-0.3, -0.25) is 9.36 Å². The molecule has 0 spiro atoms. The lowest BCUT2D eigenvalue weighted by Crippen LogP contribution is -2.27. The zero-order valence-corrected chi connectivity index (χ0v) is 23.9. The number of thioether (sulfide) groups is 1. The number of fused-ring (bicyclic) bond motifs is 1. The number of hydrogen-bond acceptors (Lipinski definition) is 7. The van der Waals surface area contributed by atoms with Crippen LogP contribution in [0.5, 0.6) is 5.75 Å². The van der Waals surface area contributed by atoms with Crippen LogP contribution < -0.4 is 10.7 Å². The average molecular weight is 649 g/mol. The molecule has 10 heteroatoms. The van der Waals surface area contributed by atoms with E-state index in [1.54, 1.807) is 13.0 Å². The highest BCUT2D eigenvalue weighted by Gasteiger charge is 2.21. The Balaban J connectivity index is 1.30. The number of para-hydroxylation sites is 1. The quantitative estimate of drug-likeness (QED) is 0.0788. The number of halogens is 1. The number of phenols is 1. The summed E-state index contributed by atoms with van der Waals surface area (Å²) in [4.78, 5) is 12.9. The minimum atomic E-state index is -0.507. The molecule has 0 saturated carbocycles. The molecule has 8 nitrogen and oxygen atoms in total. The van der Waals surface area contributed by atoms with Gasteiger partial charge in [-0.05, 0) is 82.8 Å². The summed E-state index contributed by atoms with van der Waals surface area (Å²) in [5.41, 5.74) is 5.02. The van der Waals surface area contributed by atoms with Crippen LogP contribution in [0.2, 0.25) is 0 Å². The first-order valence-electron chi connectivity index (χ1n) is 12.2. The predicted octanol–water partition coefficient (Wildman–Crippen LogP) is 5.97. The second-order valence-electron chi connectivity index (χ2n) is 8.64. The van der Waals surface area contributed by atoms with E-state index in [0.717, 1.165) is 31.5 Å². The fraction of sp³-hybridized carbons (Fsp3) is 0.103. The first-order chi connectivity index (χ1) is 19.0. The number of phenolic OH excluding ortho intramolecular Hbond substituents is 1. The van der Waals surface area contributed by atoms with E-state index in [4.69, 9.17) is 0 Å². The van der Waals surface area contributed by atoms with Crippen LogP contribution in [0.25, 0.3) is 16.5 Å². The van der Waals surface area contributed by atoms with Gasteiger partial charge >= 0.3 is 0 Å². The van der Waals surface area contributed by atoms with Crippen molar-refractivity contribution in [3.63, 3.8) is 0 Å². The Morgan fingerprint density at radius 2 is 1.77 bits per heavy atom. The minimum Gasteiger partial charge on any atom is -0.507 e. The van der Waals surface area contributed by atoms with Crippen LogP contribution in [0.3, 0.4) is 0 Å². The van der Waals surface area contributed by atoms with E-state index in [1.807, 2.05) is 89.5 Å². The lowest BCUT2D eigenvalue weighted by Gasteiger charge is -2.13. The van der Waals surface area contributed by atoms with Crippen molar-refractivity contribution in [3.8, 4) is 11.4 Å². The van der Waals surface area contributed by atoms with Crippen molar-refractivity contribution < 1.29 is 9.90 Å². The molecule has 0 aliphatic heterocycles. The third-order valence-corrected chi connectivity index (χ3v) is 7.74. The van der Waals surface area contributed by atoms with Gasteiger partial charge in [0.1, 0.15) is 5.75 Å². The van der Waals surface area contributed by atoms with Gasteiger partial charge in [-0.15, -0.1) is 10.2 Å². The molecule has 4 aromatic carbocycles. The molecule has 0 fully saturated rings. The second-order valence-corrected chi connectivity index (χ2v) is 11.2. The molecule has 0 bridgehead atoms. The summed E-state index contributed by atoms with van der Waals surface area (Å²) in [5, 5.41) is 28.6. The number of hydrazone groups is 1. The number of benzene rings is 4. The van der Waals surface area contributed by atoms with Crippen LogP contribution in [0.1, 0.15) is 18.3 Å². The van der Waals surface area contributed by atoms with Gasteiger partial charge in [0.05, 0.1) is 18.0 Å². The second kappa shape index (κ2) is 12.3. The monoisotopic (exact) mass is 648 g/mol. The van der Waals surface area contributed by atoms with E-state index >= 15 is 0 Å². The zero-order chi connectivity index (χ0) is 27.2. The van der Waals surface area contributed by atoms with Gasteiger partial charge in [-0.2, -0.15) is 5.10 Å². The van der Waals surface area contributed by atoms with Crippen molar-refractivity contribution in [2.75, 3.05) is 5.32 Å². The highest BCUT2D eigenvalue weighted by Crippen LogP contribution is 2.27. The van der Waals surface area contributed by atoms with Crippen LogP contribution >= 0.6 is 34.4 Å². The van der Waals surface area contributed by atoms with E-state index in [2.05, 4.69) is 48.6 Å². The molecule has 1 atom stereocenters. The number of anilines is 1. The number of hydrogen-bond donors (Lipinski definition) is 3. The maximum absolute atomic E-state index is 12.9. The summed E-state index contributed by atoms with van der Waals surface area (Å²) in [6, 6.07) is 29.1. The number of aromatic nitrogens is 3. The van der Waals surface area contributed by atoms with E-state index in [1.165, 1.54) is 18.0 Å². The molecule has 0 radical (unpaired) electrons. The fourth-order valence-corrected chi connectivity index (χ4v) is 5.20. The SMILES string of the molecule is C[C@@H](Sc1nnc(CNc2ccc(I)cc2)n1-c1ccccc1)C(=O)NN=Cc1c(O)ccc2ccccc12. The fourth-order valence-electron chi connectivity index (χ4n) is 3.96. The number of carbonyl (C=O) groups excluding carboxylic acids is 1. The largest absolute Gasteiger partial charge is 0.507 e. The highest BCUT2D eigenvalue weighted by atomic mass is 127. The first kappa shape index (κ1) is 26.7.